The van der Waals surface area contributed by atoms with Crippen molar-refractivity contribution in [1.29, 1.82) is 0 Å². The summed E-state index contributed by atoms with van der Waals surface area (Å²) in [7, 11) is 0. The van der Waals surface area contributed by atoms with Crippen molar-refractivity contribution in [3.05, 3.63) is 0 Å². The van der Waals surface area contributed by atoms with Crippen molar-refractivity contribution in [2.24, 2.45) is 27.2 Å². The van der Waals surface area contributed by atoms with E-state index in [1.165, 1.54) is 0 Å². The fourth-order valence-electron chi connectivity index (χ4n) is 1.22. The van der Waals surface area contributed by atoms with Crippen LogP contribution in [0.5, 0.6) is 0 Å². The van der Waals surface area contributed by atoms with Gasteiger partial charge in [-0.15, -0.1) is 0 Å². The van der Waals surface area contributed by atoms with E-state index in [1.807, 2.05) is 0 Å². The van der Waals surface area contributed by atoms with E-state index in [0.717, 1.165) is 26.1 Å². The highest BCUT2D eigenvalue weighted by molar-refractivity contribution is 5.92. The zero-order valence-corrected chi connectivity index (χ0v) is 9.61. The Morgan fingerprint density at radius 3 is 2.27 bits per heavy atom. The van der Waals surface area contributed by atoms with E-state index in [-0.39, 0.29) is 11.9 Å². The van der Waals surface area contributed by atoms with E-state index in [0.29, 0.717) is 6.54 Å². The predicted molar refractivity (Wildman–Crippen MR) is 64.7 cm³/mol. The van der Waals surface area contributed by atoms with Gasteiger partial charge in [0, 0.05) is 6.54 Å². The second-order valence-electron chi connectivity index (χ2n) is 3.21. The summed E-state index contributed by atoms with van der Waals surface area (Å²) in [5, 5.41) is 0. The van der Waals surface area contributed by atoms with Crippen LogP contribution >= 0.6 is 0 Å². The van der Waals surface area contributed by atoms with Crippen molar-refractivity contribution < 1.29 is 0 Å². The van der Waals surface area contributed by atoms with Crippen molar-refractivity contribution in [3.8, 4) is 0 Å². The molecule has 6 heteroatoms. The smallest absolute Gasteiger partial charge is 0.218 e. The summed E-state index contributed by atoms with van der Waals surface area (Å²) < 4.78 is 0. The molecule has 0 aromatic rings. The summed E-state index contributed by atoms with van der Waals surface area (Å²) in [4.78, 5) is 9.96. The van der Waals surface area contributed by atoms with Gasteiger partial charge in [0.25, 0.3) is 0 Å². The van der Waals surface area contributed by atoms with Crippen LogP contribution in [-0.4, -0.2) is 43.0 Å². The number of hydrogen-bond donors (Lipinski definition) is 3. The first kappa shape index (κ1) is 13.7. The van der Waals surface area contributed by atoms with Gasteiger partial charge >= 0.3 is 0 Å². The minimum Gasteiger partial charge on any atom is -0.370 e. The number of guanidine groups is 2. The molecule has 0 aliphatic carbocycles. The van der Waals surface area contributed by atoms with Gasteiger partial charge in [0.2, 0.25) is 5.96 Å². The molecule has 0 rings (SSSR count). The van der Waals surface area contributed by atoms with Crippen LogP contribution in [0.2, 0.25) is 0 Å². The molecule has 0 heterocycles. The number of hydrogen-bond acceptors (Lipinski definition) is 2. The lowest BCUT2D eigenvalue weighted by Gasteiger charge is -2.17. The normalized spacial score (nSPS) is 11.8. The quantitative estimate of drug-likeness (QED) is 0.402. The second-order valence-corrected chi connectivity index (χ2v) is 3.21. The summed E-state index contributed by atoms with van der Waals surface area (Å²) in [6.45, 7) is 7.87. The first-order valence-electron chi connectivity index (χ1n) is 5.22. The van der Waals surface area contributed by atoms with Gasteiger partial charge in [-0.2, -0.15) is 4.99 Å². The lowest BCUT2D eigenvalue weighted by atomic mass is 10.4. The van der Waals surface area contributed by atoms with Crippen molar-refractivity contribution in [1.82, 2.24) is 4.90 Å². The molecule has 88 valence electrons. The summed E-state index contributed by atoms with van der Waals surface area (Å²) in [5.41, 5.74) is 15.8. The molecule has 0 atom stereocenters. The van der Waals surface area contributed by atoms with Crippen molar-refractivity contribution >= 4 is 11.9 Å². The van der Waals surface area contributed by atoms with E-state index in [1.54, 1.807) is 0 Å². The molecule has 0 radical (unpaired) electrons. The number of nitrogens with two attached hydrogens (primary N) is 3. The molecule has 0 saturated heterocycles. The van der Waals surface area contributed by atoms with Crippen LogP contribution in [0.4, 0.5) is 0 Å². The molecule has 0 saturated carbocycles. The van der Waals surface area contributed by atoms with E-state index in [9.17, 15) is 0 Å². The fourth-order valence-corrected chi connectivity index (χ4v) is 1.22. The average Bonchev–Trinajstić information content (AvgIpc) is 2.15. The molecular weight excluding hydrogens is 192 g/mol. The molecule has 6 nitrogen and oxygen atoms in total. The Labute approximate surface area is 91.2 Å². The van der Waals surface area contributed by atoms with Gasteiger partial charge in [0.1, 0.15) is 0 Å². The molecule has 0 spiro atoms. The number of rotatable bonds is 6. The molecule has 0 amide bonds. The molecule has 6 N–H and O–H groups in total. The molecule has 0 aromatic carbocycles. The van der Waals surface area contributed by atoms with E-state index in [2.05, 4.69) is 28.7 Å². The summed E-state index contributed by atoms with van der Waals surface area (Å²) in [5.74, 6) is 0.0831. The minimum absolute atomic E-state index is 0.0582. The lowest BCUT2D eigenvalue weighted by Crippen LogP contribution is -2.29. The Hall–Kier alpha value is -1.30. The number of nitrogens with zero attached hydrogens (tertiary/aromatic N) is 3. The third-order valence-corrected chi connectivity index (χ3v) is 1.92. The maximum Gasteiger partial charge on any atom is 0.218 e. The Bertz CT molecular complexity index is 219. The van der Waals surface area contributed by atoms with Crippen LogP contribution in [0, 0.1) is 0 Å². The van der Waals surface area contributed by atoms with Gasteiger partial charge < -0.3 is 22.1 Å². The van der Waals surface area contributed by atoms with E-state index < -0.39 is 0 Å². The van der Waals surface area contributed by atoms with Crippen molar-refractivity contribution in [3.63, 3.8) is 0 Å². The third kappa shape index (κ3) is 7.75. The first-order valence-corrected chi connectivity index (χ1v) is 5.22. The molecular formula is C9H22N6. The van der Waals surface area contributed by atoms with Gasteiger partial charge in [-0.25, -0.2) is 0 Å². The van der Waals surface area contributed by atoms with Crippen LogP contribution in [0.1, 0.15) is 20.3 Å². The predicted octanol–water partition coefficient (Wildman–Crippen LogP) is -0.694. The average molecular weight is 214 g/mol. The Morgan fingerprint density at radius 2 is 1.80 bits per heavy atom. The van der Waals surface area contributed by atoms with Crippen LogP contribution < -0.4 is 17.2 Å². The molecule has 15 heavy (non-hydrogen) atoms. The molecule has 0 aliphatic heterocycles. The molecule has 0 fully saturated rings. The molecule has 0 bridgehead atoms. The monoisotopic (exact) mass is 214 g/mol. The van der Waals surface area contributed by atoms with Gasteiger partial charge in [0.15, 0.2) is 5.96 Å². The zero-order valence-electron chi connectivity index (χ0n) is 9.61. The van der Waals surface area contributed by atoms with E-state index >= 15 is 0 Å². The van der Waals surface area contributed by atoms with Gasteiger partial charge in [-0.1, -0.05) is 13.8 Å². The highest BCUT2D eigenvalue weighted by Crippen LogP contribution is 1.90. The van der Waals surface area contributed by atoms with Crippen LogP contribution in [0.15, 0.2) is 9.98 Å². The summed E-state index contributed by atoms with van der Waals surface area (Å²) in [6, 6.07) is 0. The largest absolute Gasteiger partial charge is 0.370 e. The third-order valence-electron chi connectivity index (χ3n) is 1.92. The Morgan fingerprint density at radius 1 is 1.13 bits per heavy atom. The first-order chi connectivity index (χ1) is 7.10. The standard InChI is InChI=1S/C9H22N6/c1-3-6-15(4-2)7-5-13-9(12)14-8(10)11/h3-7H2,1-2H3,(H6,10,11,12,13,14). The maximum atomic E-state index is 5.46. The van der Waals surface area contributed by atoms with Gasteiger partial charge in [0.05, 0.1) is 6.54 Å². The minimum atomic E-state index is -0.0582. The molecule has 0 aromatic heterocycles. The number of likely N-dealkylation sites (N-methyl/N-ethyl adjacent to an activating group) is 1. The van der Waals surface area contributed by atoms with Crippen LogP contribution in [0.25, 0.3) is 0 Å². The Balaban J connectivity index is 3.89. The Kier molecular flexibility index (Phi) is 7.35. The van der Waals surface area contributed by atoms with Crippen LogP contribution in [-0.2, 0) is 0 Å². The molecule has 0 aliphatic rings. The highest BCUT2D eigenvalue weighted by atomic mass is 15.1. The van der Waals surface area contributed by atoms with Crippen molar-refractivity contribution in [2.45, 2.75) is 20.3 Å². The molecule has 0 unspecified atom stereocenters. The zero-order chi connectivity index (χ0) is 11.7. The fraction of sp³-hybridized carbons (Fsp3) is 0.778. The van der Waals surface area contributed by atoms with E-state index in [4.69, 9.17) is 17.2 Å². The second kappa shape index (κ2) is 8.05. The summed E-state index contributed by atoms with van der Waals surface area (Å²) in [6.07, 6.45) is 1.14. The van der Waals surface area contributed by atoms with Crippen LogP contribution in [0.3, 0.4) is 0 Å². The van der Waals surface area contributed by atoms with Gasteiger partial charge in [-0.05, 0) is 19.5 Å². The maximum absolute atomic E-state index is 5.46. The topological polar surface area (TPSA) is 106 Å². The SMILES string of the molecule is CCCN(CC)CCN=C(N)N=C(N)N. The lowest BCUT2D eigenvalue weighted by molar-refractivity contribution is 0.297. The van der Waals surface area contributed by atoms with Gasteiger partial charge in [-0.3, -0.25) is 4.99 Å². The number of aliphatic imine (C=N–C) groups is 2. The highest BCUT2D eigenvalue weighted by Gasteiger charge is 1.99. The van der Waals surface area contributed by atoms with Crippen molar-refractivity contribution in [2.75, 3.05) is 26.2 Å². The summed E-state index contributed by atoms with van der Waals surface area (Å²) >= 11 is 0.